The minimum atomic E-state index is -4.07. The molecule has 0 radical (unpaired) electrons. The van der Waals surface area contributed by atoms with E-state index in [1.54, 1.807) is 48.5 Å². The van der Waals surface area contributed by atoms with Gasteiger partial charge in [-0.15, -0.1) is 0 Å². The third-order valence-corrected chi connectivity index (χ3v) is 8.56. The first-order valence-corrected chi connectivity index (χ1v) is 14.4. The molecule has 4 aromatic rings. The van der Waals surface area contributed by atoms with Crippen LogP contribution in [-0.2, 0) is 14.8 Å². The lowest BCUT2D eigenvalue weighted by atomic mass is 10.1. The van der Waals surface area contributed by atoms with Crippen molar-refractivity contribution in [2.24, 2.45) is 0 Å². The third-order valence-electron chi connectivity index (χ3n) is 6.77. The molecule has 8 heteroatoms. The number of sulfonamides is 1. The molecule has 1 atom stereocenters. The molecule has 0 heterocycles. The quantitative estimate of drug-likeness (QED) is 0.267. The van der Waals surface area contributed by atoms with E-state index in [1.165, 1.54) is 12.1 Å². The Balaban J connectivity index is 1.60. The van der Waals surface area contributed by atoms with E-state index >= 15 is 0 Å². The van der Waals surface area contributed by atoms with Gasteiger partial charge in [-0.1, -0.05) is 66.2 Å². The zero-order valence-corrected chi connectivity index (χ0v) is 23.8. The lowest BCUT2D eigenvalue weighted by Crippen LogP contribution is -2.38. The summed E-state index contributed by atoms with van der Waals surface area (Å²) < 4.78 is 28.6. The molecule has 7 nitrogen and oxygen atoms in total. The summed E-state index contributed by atoms with van der Waals surface area (Å²) in [7, 11) is -4.07. The molecule has 4 aromatic carbocycles. The van der Waals surface area contributed by atoms with Crippen molar-refractivity contribution in [1.29, 1.82) is 0 Å². The highest BCUT2D eigenvalue weighted by molar-refractivity contribution is 7.92. The molecule has 0 aliphatic heterocycles. The van der Waals surface area contributed by atoms with Crippen molar-refractivity contribution in [3.63, 3.8) is 0 Å². The van der Waals surface area contributed by atoms with Crippen LogP contribution in [0, 0.1) is 20.8 Å². The molecule has 0 aromatic heterocycles. The second kappa shape index (κ2) is 12.2. The Labute approximate surface area is 235 Å². The van der Waals surface area contributed by atoms with Crippen LogP contribution in [0.1, 0.15) is 45.6 Å². The zero-order chi connectivity index (χ0) is 28.9. The average Bonchev–Trinajstić information content (AvgIpc) is 2.94. The van der Waals surface area contributed by atoms with Gasteiger partial charge >= 0.3 is 0 Å². The second-order valence-corrected chi connectivity index (χ2v) is 11.7. The molecule has 206 valence electrons. The maximum Gasteiger partial charge on any atom is 0.264 e. The summed E-state index contributed by atoms with van der Waals surface area (Å²) in [6.07, 6.45) is 0. The van der Waals surface area contributed by atoms with Crippen LogP contribution >= 0.6 is 0 Å². The Hall–Kier alpha value is -4.43. The van der Waals surface area contributed by atoms with Gasteiger partial charge in [-0.2, -0.15) is 0 Å². The summed E-state index contributed by atoms with van der Waals surface area (Å²) >= 11 is 0. The number of hydrogen-bond donors (Lipinski definition) is 2. The maximum atomic E-state index is 13.7. The van der Waals surface area contributed by atoms with E-state index in [9.17, 15) is 18.0 Å². The maximum absolute atomic E-state index is 13.7. The number of nitrogens with zero attached hydrogens (tertiary/aromatic N) is 1. The fourth-order valence-electron chi connectivity index (χ4n) is 4.24. The van der Waals surface area contributed by atoms with E-state index in [2.05, 4.69) is 10.6 Å². The summed E-state index contributed by atoms with van der Waals surface area (Å²) in [6, 6.07) is 27.7. The van der Waals surface area contributed by atoms with E-state index in [4.69, 9.17) is 0 Å². The topological polar surface area (TPSA) is 95.6 Å². The highest BCUT2D eigenvalue weighted by Crippen LogP contribution is 2.26. The Morgan fingerprint density at radius 3 is 2.12 bits per heavy atom. The normalized spacial score (nSPS) is 11.9. The van der Waals surface area contributed by atoms with Crippen LogP contribution in [0.25, 0.3) is 0 Å². The highest BCUT2D eigenvalue weighted by Gasteiger charge is 2.28. The van der Waals surface area contributed by atoms with E-state index < -0.39 is 22.5 Å². The van der Waals surface area contributed by atoms with Gasteiger partial charge in [0.15, 0.2) is 0 Å². The van der Waals surface area contributed by atoms with Crippen molar-refractivity contribution in [3.8, 4) is 0 Å². The molecule has 0 aliphatic rings. The van der Waals surface area contributed by atoms with Crippen LogP contribution in [0.5, 0.6) is 0 Å². The average molecular weight is 556 g/mol. The first kappa shape index (κ1) is 28.6. The lowest BCUT2D eigenvalue weighted by Gasteiger charge is -2.25. The second-order valence-electron chi connectivity index (χ2n) is 9.79. The van der Waals surface area contributed by atoms with E-state index in [-0.39, 0.29) is 28.1 Å². The van der Waals surface area contributed by atoms with Crippen LogP contribution in [0.2, 0.25) is 0 Å². The molecule has 40 heavy (non-hydrogen) atoms. The molecule has 0 unspecified atom stereocenters. The van der Waals surface area contributed by atoms with E-state index in [1.807, 2.05) is 64.1 Å². The molecular formula is C32H33N3O4S. The summed E-state index contributed by atoms with van der Waals surface area (Å²) in [4.78, 5) is 26.6. The number of anilines is 2. The standard InChI is InChI=1S/C32H33N3O4S/c1-22-14-18-28(19-15-22)40(38,39)35(27-17-16-23(2)24(3)20-27)21-31(36)34-30-13-9-8-12-29(30)32(37)33-25(4)26-10-6-5-7-11-26/h5-20,25H,21H2,1-4H3,(H,33,37)(H,34,36)/t25-/m1/s1. The van der Waals surface area contributed by atoms with Crippen LogP contribution in [-0.4, -0.2) is 26.8 Å². The highest BCUT2D eigenvalue weighted by atomic mass is 32.2. The number of amides is 2. The van der Waals surface area contributed by atoms with Gasteiger partial charge in [0.2, 0.25) is 5.91 Å². The van der Waals surface area contributed by atoms with Gasteiger partial charge in [0, 0.05) is 0 Å². The molecule has 0 fully saturated rings. The van der Waals surface area contributed by atoms with Gasteiger partial charge in [0.05, 0.1) is 27.9 Å². The Morgan fingerprint density at radius 2 is 1.45 bits per heavy atom. The number of carbonyl (C=O) groups is 2. The summed E-state index contributed by atoms with van der Waals surface area (Å²) in [6.45, 7) is 7.10. The molecule has 2 amide bonds. The van der Waals surface area contributed by atoms with E-state index in [0.717, 1.165) is 26.6 Å². The van der Waals surface area contributed by atoms with Crippen molar-refractivity contribution < 1.29 is 18.0 Å². The van der Waals surface area contributed by atoms with Gasteiger partial charge in [0.25, 0.3) is 15.9 Å². The van der Waals surface area contributed by atoms with Crippen LogP contribution in [0.3, 0.4) is 0 Å². The van der Waals surface area contributed by atoms with Crippen molar-refractivity contribution in [3.05, 3.63) is 125 Å². The number of aryl methyl sites for hydroxylation is 3. The molecule has 4 rings (SSSR count). The molecule has 0 saturated carbocycles. The number of nitrogens with one attached hydrogen (secondary N) is 2. The largest absolute Gasteiger partial charge is 0.345 e. The Bertz CT molecular complexity index is 1620. The summed E-state index contributed by atoms with van der Waals surface area (Å²) in [5.41, 5.74) is 4.72. The number of rotatable bonds is 9. The summed E-state index contributed by atoms with van der Waals surface area (Å²) in [5, 5.41) is 5.72. The molecule has 2 N–H and O–H groups in total. The SMILES string of the molecule is Cc1ccc(S(=O)(=O)N(CC(=O)Nc2ccccc2C(=O)N[C@H](C)c2ccccc2)c2ccc(C)c(C)c2)cc1. The van der Waals surface area contributed by atoms with Crippen LogP contribution < -0.4 is 14.9 Å². The fourth-order valence-corrected chi connectivity index (χ4v) is 5.66. The number of benzene rings is 4. The van der Waals surface area contributed by atoms with Crippen molar-refractivity contribution in [1.82, 2.24) is 5.32 Å². The van der Waals surface area contributed by atoms with Gasteiger partial charge in [-0.3, -0.25) is 13.9 Å². The third kappa shape index (κ3) is 6.58. The van der Waals surface area contributed by atoms with Crippen molar-refractivity contribution in [2.45, 2.75) is 38.6 Å². The first-order valence-electron chi connectivity index (χ1n) is 13.0. The molecule has 0 spiro atoms. The zero-order valence-electron chi connectivity index (χ0n) is 23.0. The summed E-state index contributed by atoms with van der Waals surface area (Å²) in [5.74, 6) is -0.934. The monoisotopic (exact) mass is 555 g/mol. The Morgan fingerprint density at radius 1 is 0.800 bits per heavy atom. The minimum Gasteiger partial charge on any atom is -0.345 e. The van der Waals surface area contributed by atoms with Gasteiger partial charge in [0.1, 0.15) is 6.54 Å². The minimum absolute atomic E-state index is 0.0822. The lowest BCUT2D eigenvalue weighted by molar-refractivity contribution is -0.114. The number of carbonyl (C=O) groups excluding carboxylic acids is 2. The molecule has 0 bridgehead atoms. The molecule has 0 aliphatic carbocycles. The predicted octanol–water partition coefficient (Wildman–Crippen LogP) is 5.94. The fraction of sp³-hybridized carbons (Fsp3) is 0.188. The van der Waals surface area contributed by atoms with Gasteiger partial charge in [-0.25, -0.2) is 8.42 Å². The predicted molar refractivity (Wildman–Crippen MR) is 159 cm³/mol. The van der Waals surface area contributed by atoms with Crippen LogP contribution in [0.15, 0.2) is 102 Å². The van der Waals surface area contributed by atoms with Crippen molar-refractivity contribution in [2.75, 3.05) is 16.2 Å². The number of para-hydroxylation sites is 1. The molecular weight excluding hydrogens is 522 g/mol. The van der Waals surface area contributed by atoms with Crippen molar-refractivity contribution >= 4 is 33.2 Å². The van der Waals surface area contributed by atoms with Crippen LogP contribution in [0.4, 0.5) is 11.4 Å². The van der Waals surface area contributed by atoms with Gasteiger partial charge in [-0.05, 0) is 80.8 Å². The van der Waals surface area contributed by atoms with Gasteiger partial charge < -0.3 is 10.6 Å². The molecule has 0 saturated heterocycles. The Kier molecular flexibility index (Phi) is 8.70. The van der Waals surface area contributed by atoms with E-state index in [0.29, 0.717) is 5.69 Å². The first-order chi connectivity index (χ1) is 19.1. The number of hydrogen-bond acceptors (Lipinski definition) is 4. The smallest absolute Gasteiger partial charge is 0.264 e.